The second-order valence-corrected chi connectivity index (χ2v) is 4.55. The zero-order valence-electron chi connectivity index (χ0n) is 9.21. The van der Waals surface area contributed by atoms with Gasteiger partial charge in [0.05, 0.1) is 15.6 Å². The molecule has 0 atom stereocenters. The number of nitrogens with zero attached hydrogens (tertiary/aromatic N) is 2. The summed E-state index contributed by atoms with van der Waals surface area (Å²) in [5.74, 6) is -0.893. The lowest BCUT2D eigenvalue weighted by Crippen LogP contribution is -2.38. The molecule has 100 valence electrons. The summed E-state index contributed by atoms with van der Waals surface area (Å²) < 4.78 is 36.9. The molecule has 0 unspecified atom stereocenters. The summed E-state index contributed by atoms with van der Waals surface area (Å²) in [7, 11) is 0. The Morgan fingerprint density at radius 1 is 1.56 bits per heavy atom. The molecule has 1 aromatic rings. The molecular formula is C9H9F3IN3O2. The van der Waals surface area contributed by atoms with E-state index in [2.05, 4.69) is 4.98 Å². The van der Waals surface area contributed by atoms with Crippen LogP contribution in [0.3, 0.4) is 0 Å². The minimum Gasteiger partial charge on any atom is -0.345 e. The minimum absolute atomic E-state index is 0.332. The van der Waals surface area contributed by atoms with Crippen LogP contribution in [0.4, 0.5) is 13.2 Å². The van der Waals surface area contributed by atoms with E-state index in [4.69, 9.17) is 0 Å². The number of amides is 1. The van der Waals surface area contributed by atoms with Gasteiger partial charge in [-0.15, -0.1) is 0 Å². The van der Waals surface area contributed by atoms with E-state index in [-0.39, 0.29) is 0 Å². The fourth-order valence-electron chi connectivity index (χ4n) is 1.07. The van der Waals surface area contributed by atoms with Gasteiger partial charge in [0, 0.05) is 0 Å². The van der Waals surface area contributed by atoms with Gasteiger partial charge in [-0.25, -0.2) is 4.98 Å². The number of aryl methyl sites for hydroxylation is 1. The van der Waals surface area contributed by atoms with Crippen LogP contribution in [-0.2, 0) is 11.3 Å². The molecule has 0 bridgehead atoms. The molecule has 0 radical (unpaired) electrons. The number of rotatable bonds is 3. The summed E-state index contributed by atoms with van der Waals surface area (Å²) in [5.41, 5.74) is 0.0535. The number of alkyl halides is 3. The molecule has 1 amide bonds. The molecule has 1 aromatic heterocycles. The second-order valence-electron chi connectivity index (χ2n) is 3.47. The highest BCUT2D eigenvalue weighted by Crippen LogP contribution is 2.12. The predicted molar refractivity (Wildman–Crippen MR) is 65.0 cm³/mol. The van der Waals surface area contributed by atoms with Crippen LogP contribution in [-0.4, -0.2) is 28.2 Å². The fourth-order valence-corrected chi connectivity index (χ4v) is 1.52. The predicted octanol–water partition coefficient (Wildman–Crippen LogP) is 0.835. The lowest BCUT2D eigenvalue weighted by atomic mass is 10.4. The van der Waals surface area contributed by atoms with E-state index in [0.29, 0.717) is 9.26 Å². The normalized spacial score (nSPS) is 11.4. The van der Waals surface area contributed by atoms with Gasteiger partial charge in [-0.1, -0.05) is 0 Å². The molecule has 0 saturated carbocycles. The average Bonchev–Trinajstić information content (AvgIpc) is 2.26. The van der Waals surface area contributed by atoms with Crippen LogP contribution in [0, 0.1) is 10.5 Å². The van der Waals surface area contributed by atoms with Gasteiger partial charge in [-0.2, -0.15) is 13.2 Å². The van der Waals surface area contributed by atoms with Gasteiger partial charge in [-0.3, -0.25) is 14.2 Å². The summed E-state index contributed by atoms with van der Waals surface area (Å²) in [4.78, 5) is 26.7. The van der Waals surface area contributed by atoms with E-state index in [9.17, 15) is 22.8 Å². The first-order valence-corrected chi connectivity index (χ1v) is 5.83. The smallest absolute Gasteiger partial charge is 0.345 e. The van der Waals surface area contributed by atoms with Crippen molar-refractivity contribution in [1.82, 2.24) is 14.9 Å². The van der Waals surface area contributed by atoms with Crippen molar-refractivity contribution in [2.24, 2.45) is 0 Å². The highest BCUT2D eigenvalue weighted by molar-refractivity contribution is 14.1. The van der Waals surface area contributed by atoms with Crippen LogP contribution in [0.15, 0.2) is 11.1 Å². The second kappa shape index (κ2) is 5.67. The molecule has 0 aliphatic rings. The maximum atomic E-state index is 11.9. The number of hydrogen-bond acceptors (Lipinski definition) is 3. The standard InChI is InChI=1S/C9H9F3IN3O2/c1-5-7(13)8(18)16(4-15-5)2-6(17)14-3-9(10,11)12/h4H,2-3H2,1H3,(H,14,17). The lowest BCUT2D eigenvalue weighted by Gasteiger charge is -2.09. The lowest BCUT2D eigenvalue weighted by molar-refractivity contribution is -0.138. The van der Waals surface area contributed by atoms with E-state index in [1.165, 1.54) is 0 Å². The third kappa shape index (κ3) is 4.27. The van der Waals surface area contributed by atoms with Crippen LogP contribution < -0.4 is 10.9 Å². The molecular weight excluding hydrogens is 366 g/mol. The topological polar surface area (TPSA) is 64.0 Å². The van der Waals surface area contributed by atoms with Gasteiger partial charge in [0.1, 0.15) is 13.1 Å². The van der Waals surface area contributed by atoms with E-state index < -0.39 is 30.7 Å². The minimum atomic E-state index is -4.47. The zero-order chi connectivity index (χ0) is 13.9. The quantitative estimate of drug-likeness (QED) is 0.797. The van der Waals surface area contributed by atoms with Gasteiger partial charge in [0.25, 0.3) is 5.56 Å². The Bertz CT molecular complexity index is 513. The summed E-state index contributed by atoms with van der Waals surface area (Å²) in [6, 6.07) is 0. The van der Waals surface area contributed by atoms with Crippen molar-refractivity contribution in [1.29, 1.82) is 0 Å². The van der Waals surface area contributed by atoms with E-state index >= 15 is 0 Å². The Morgan fingerprint density at radius 3 is 2.72 bits per heavy atom. The highest BCUT2D eigenvalue weighted by atomic mass is 127. The summed E-state index contributed by atoms with van der Waals surface area (Å²) in [5, 5.41) is 1.68. The highest BCUT2D eigenvalue weighted by Gasteiger charge is 2.27. The van der Waals surface area contributed by atoms with E-state index in [0.717, 1.165) is 10.9 Å². The zero-order valence-corrected chi connectivity index (χ0v) is 11.4. The van der Waals surface area contributed by atoms with Crippen LogP contribution in [0.25, 0.3) is 0 Å². The van der Waals surface area contributed by atoms with Crippen LogP contribution in [0.1, 0.15) is 5.69 Å². The molecule has 1 N–H and O–H groups in total. The van der Waals surface area contributed by atoms with Crippen molar-refractivity contribution in [3.05, 3.63) is 25.9 Å². The van der Waals surface area contributed by atoms with Gasteiger partial charge in [0.15, 0.2) is 0 Å². The number of halogens is 4. The number of hydrogen-bond donors (Lipinski definition) is 1. The third-order valence-electron chi connectivity index (χ3n) is 1.96. The molecule has 0 fully saturated rings. The van der Waals surface area contributed by atoms with Crippen molar-refractivity contribution in [3.63, 3.8) is 0 Å². The summed E-state index contributed by atoms with van der Waals surface area (Å²) in [6.07, 6.45) is -3.34. The van der Waals surface area contributed by atoms with Crippen molar-refractivity contribution < 1.29 is 18.0 Å². The Labute approximate surface area is 114 Å². The molecule has 1 rings (SSSR count). The van der Waals surface area contributed by atoms with Crippen molar-refractivity contribution in [3.8, 4) is 0 Å². The van der Waals surface area contributed by atoms with Crippen molar-refractivity contribution >= 4 is 28.5 Å². The largest absolute Gasteiger partial charge is 0.405 e. The molecule has 9 heteroatoms. The molecule has 0 aliphatic carbocycles. The van der Waals surface area contributed by atoms with Crippen molar-refractivity contribution in [2.45, 2.75) is 19.6 Å². The molecule has 1 heterocycles. The van der Waals surface area contributed by atoms with Gasteiger partial charge in [-0.05, 0) is 29.5 Å². The van der Waals surface area contributed by atoms with E-state index in [1.54, 1.807) is 34.8 Å². The van der Waals surface area contributed by atoms with E-state index in [1.807, 2.05) is 0 Å². The summed E-state index contributed by atoms with van der Waals surface area (Å²) in [6.45, 7) is -0.285. The molecule has 18 heavy (non-hydrogen) atoms. The third-order valence-corrected chi connectivity index (χ3v) is 3.20. The van der Waals surface area contributed by atoms with Gasteiger partial charge >= 0.3 is 6.18 Å². The van der Waals surface area contributed by atoms with Gasteiger partial charge < -0.3 is 5.32 Å². The molecule has 0 saturated heterocycles. The first-order valence-electron chi connectivity index (χ1n) is 4.75. The Hall–Kier alpha value is -1.13. The monoisotopic (exact) mass is 375 g/mol. The molecule has 0 aromatic carbocycles. The first-order chi connectivity index (χ1) is 8.20. The molecule has 0 spiro atoms. The Morgan fingerprint density at radius 2 is 2.17 bits per heavy atom. The van der Waals surface area contributed by atoms with Gasteiger partial charge in [0.2, 0.25) is 5.91 Å². The number of aromatic nitrogens is 2. The van der Waals surface area contributed by atoms with Crippen LogP contribution in [0.2, 0.25) is 0 Å². The Balaban J connectivity index is 2.72. The first kappa shape index (κ1) is 14.9. The Kier molecular flexibility index (Phi) is 4.71. The number of carbonyl (C=O) groups is 1. The molecule has 0 aliphatic heterocycles. The maximum absolute atomic E-state index is 11.9. The molecule has 5 nitrogen and oxygen atoms in total. The number of nitrogens with one attached hydrogen (secondary N) is 1. The number of carbonyl (C=O) groups excluding carboxylic acids is 1. The fraction of sp³-hybridized carbons (Fsp3) is 0.444. The average molecular weight is 375 g/mol. The van der Waals surface area contributed by atoms with Crippen LogP contribution in [0.5, 0.6) is 0 Å². The van der Waals surface area contributed by atoms with Crippen LogP contribution >= 0.6 is 22.6 Å². The SMILES string of the molecule is Cc1ncn(CC(=O)NCC(F)(F)F)c(=O)c1I. The maximum Gasteiger partial charge on any atom is 0.405 e. The summed E-state index contributed by atoms with van der Waals surface area (Å²) >= 11 is 1.77. The van der Waals surface area contributed by atoms with Crippen molar-refractivity contribution in [2.75, 3.05) is 6.54 Å².